The Morgan fingerprint density at radius 3 is 2.48 bits per heavy atom. The summed E-state index contributed by atoms with van der Waals surface area (Å²) in [6, 6.07) is 8.07. The topological polar surface area (TPSA) is 70.6 Å². The van der Waals surface area contributed by atoms with Gasteiger partial charge in [0.05, 0.1) is 29.8 Å². The van der Waals surface area contributed by atoms with Gasteiger partial charge in [-0.2, -0.15) is 0 Å². The number of benzene rings is 1. The van der Waals surface area contributed by atoms with E-state index in [4.69, 9.17) is 4.74 Å². The van der Waals surface area contributed by atoms with E-state index in [1.54, 1.807) is 18.6 Å². The number of nitrogens with zero attached hydrogens (tertiary/aromatic N) is 4. The molecule has 2 aliphatic rings. The number of para-hydroxylation sites is 2. The molecule has 0 bridgehead atoms. The van der Waals surface area contributed by atoms with Gasteiger partial charge in [0.1, 0.15) is 5.82 Å². The van der Waals surface area contributed by atoms with Crippen molar-refractivity contribution >= 4 is 23.1 Å². The second-order valence-electron chi connectivity index (χ2n) is 7.99. The van der Waals surface area contributed by atoms with E-state index in [1.165, 1.54) is 0 Å². The van der Waals surface area contributed by atoms with Crippen LogP contribution in [0, 0.1) is 5.92 Å². The molecule has 2 aliphatic heterocycles. The quantitative estimate of drug-likeness (QED) is 0.858. The summed E-state index contributed by atoms with van der Waals surface area (Å²) in [5, 5.41) is 3.19. The Kier molecular flexibility index (Phi) is 5.94. The lowest BCUT2D eigenvalue weighted by Gasteiger charge is -2.38. The molecule has 1 N–H and O–H groups in total. The molecule has 2 aromatic rings. The van der Waals surface area contributed by atoms with Gasteiger partial charge in [-0.1, -0.05) is 12.1 Å². The molecule has 0 saturated carbocycles. The minimum absolute atomic E-state index is 0.0125. The fourth-order valence-corrected chi connectivity index (χ4v) is 4.29. The van der Waals surface area contributed by atoms with Gasteiger partial charge in [-0.05, 0) is 38.8 Å². The van der Waals surface area contributed by atoms with Gasteiger partial charge >= 0.3 is 0 Å². The van der Waals surface area contributed by atoms with Crippen molar-refractivity contribution in [2.75, 3.05) is 41.3 Å². The number of hydrogen-bond acceptors (Lipinski definition) is 6. The van der Waals surface area contributed by atoms with Gasteiger partial charge in [0, 0.05) is 44.5 Å². The number of morpholine rings is 1. The van der Waals surface area contributed by atoms with Crippen LogP contribution in [0.2, 0.25) is 0 Å². The van der Waals surface area contributed by atoms with E-state index in [0.29, 0.717) is 0 Å². The molecule has 7 heteroatoms. The maximum absolute atomic E-state index is 13.0. The number of carbonyl (C=O) groups is 1. The van der Waals surface area contributed by atoms with Crippen LogP contribution in [0.25, 0.3) is 0 Å². The SMILES string of the molecule is CC1CN(c2ccccc2NC(=O)C2CCN(c3cnccn3)CC2)CC(C)O1. The first-order chi connectivity index (χ1) is 14.1. The van der Waals surface area contributed by atoms with Gasteiger partial charge in [-0.15, -0.1) is 0 Å². The summed E-state index contributed by atoms with van der Waals surface area (Å²) in [7, 11) is 0. The number of amides is 1. The van der Waals surface area contributed by atoms with Crippen molar-refractivity contribution in [3.63, 3.8) is 0 Å². The standard InChI is InChI=1S/C22H29N5O2/c1-16-14-27(15-17(2)29-16)20-6-4-3-5-19(20)25-22(28)18-7-11-26(12-8-18)21-13-23-9-10-24-21/h3-6,9-10,13,16-18H,7-8,11-12,14-15H2,1-2H3,(H,25,28). The second kappa shape index (κ2) is 8.78. The van der Waals surface area contributed by atoms with E-state index in [1.807, 2.05) is 18.2 Å². The van der Waals surface area contributed by atoms with Gasteiger partial charge in [-0.3, -0.25) is 9.78 Å². The monoisotopic (exact) mass is 395 g/mol. The first kappa shape index (κ1) is 19.6. The molecule has 0 radical (unpaired) electrons. The number of nitrogens with one attached hydrogen (secondary N) is 1. The fraction of sp³-hybridized carbons (Fsp3) is 0.500. The molecular weight excluding hydrogens is 366 g/mol. The normalized spacial score (nSPS) is 23.1. The molecule has 4 rings (SSSR count). The van der Waals surface area contributed by atoms with E-state index >= 15 is 0 Å². The summed E-state index contributed by atoms with van der Waals surface area (Å²) in [6.45, 7) is 7.47. The molecule has 2 fully saturated rings. The van der Waals surface area contributed by atoms with Crippen LogP contribution in [-0.4, -0.2) is 54.3 Å². The first-order valence-electron chi connectivity index (χ1n) is 10.4. The van der Waals surface area contributed by atoms with Crippen molar-refractivity contribution in [2.45, 2.75) is 38.9 Å². The molecule has 154 valence electrons. The highest BCUT2D eigenvalue weighted by Gasteiger charge is 2.28. The molecule has 1 aromatic heterocycles. The molecule has 0 spiro atoms. The van der Waals surface area contributed by atoms with E-state index in [0.717, 1.165) is 56.2 Å². The summed E-state index contributed by atoms with van der Waals surface area (Å²) >= 11 is 0. The number of ether oxygens (including phenoxy) is 1. The minimum atomic E-state index is 0.0125. The molecule has 2 saturated heterocycles. The van der Waals surface area contributed by atoms with Crippen molar-refractivity contribution in [3.8, 4) is 0 Å². The highest BCUT2D eigenvalue weighted by atomic mass is 16.5. The second-order valence-corrected chi connectivity index (χ2v) is 7.99. The third-order valence-electron chi connectivity index (χ3n) is 5.66. The summed E-state index contributed by atoms with van der Waals surface area (Å²) < 4.78 is 5.86. The van der Waals surface area contributed by atoms with Crippen LogP contribution < -0.4 is 15.1 Å². The fourth-order valence-electron chi connectivity index (χ4n) is 4.29. The summed E-state index contributed by atoms with van der Waals surface area (Å²) in [5.74, 6) is 0.997. The number of anilines is 3. The van der Waals surface area contributed by atoms with Gasteiger partial charge in [0.25, 0.3) is 0 Å². The van der Waals surface area contributed by atoms with Crippen LogP contribution in [0.1, 0.15) is 26.7 Å². The number of rotatable bonds is 4. The van der Waals surface area contributed by atoms with Crippen LogP contribution in [0.15, 0.2) is 42.9 Å². The van der Waals surface area contributed by atoms with Gasteiger partial charge in [0.15, 0.2) is 0 Å². The number of carbonyl (C=O) groups excluding carboxylic acids is 1. The van der Waals surface area contributed by atoms with Crippen LogP contribution >= 0.6 is 0 Å². The van der Waals surface area contributed by atoms with Crippen molar-refractivity contribution in [1.29, 1.82) is 0 Å². The maximum Gasteiger partial charge on any atom is 0.227 e. The summed E-state index contributed by atoms with van der Waals surface area (Å²) in [4.78, 5) is 26.0. The van der Waals surface area contributed by atoms with E-state index in [-0.39, 0.29) is 24.0 Å². The molecule has 3 heterocycles. The van der Waals surface area contributed by atoms with E-state index < -0.39 is 0 Å². The van der Waals surface area contributed by atoms with Crippen LogP contribution in [0.5, 0.6) is 0 Å². The highest BCUT2D eigenvalue weighted by Crippen LogP contribution is 2.30. The summed E-state index contributed by atoms with van der Waals surface area (Å²) in [6.07, 6.45) is 7.14. The number of aromatic nitrogens is 2. The highest BCUT2D eigenvalue weighted by molar-refractivity contribution is 5.96. The van der Waals surface area contributed by atoms with E-state index in [9.17, 15) is 4.79 Å². The van der Waals surface area contributed by atoms with Gasteiger partial charge in [0.2, 0.25) is 5.91 Å². The zero-order valence-corrected chi connectivity index (χ0v) is 17.1. The predicted molar refractivity (Wildman–Crippen MR) is 114 cm³/mol. The average molecular weight is 396 g/mol. The van der Waals surface area contributed by atoms with Crippen LogP contribution in [0.4, 0.5) is 17.2 Å². The number of piperidine rings is 1. The van der Waals surface area contributed by atoms with Crippen molar-refractivity contribution < 1.29 is 9.53 Å². The molecule has 1 amide bonds. The van der Waals surface area contributed by atoms with Gasteiger partial charge in [-0.25, -0.2) is 4.98 Å². The Morgan fingerprint density at radius 2 is 1.79 bits per heavy atom. The van der Waals surface area contributed by atoms with Crippen molar-refractivity contribution in [2.24, 2.45) is 5.92 Å². The Hall–Kier alpha value is -2.67. The Morgan fingerprint density at radius 1 is 1.07 bits per heavy atom. The van der Waals surface area contributed by atoms with E-state index in [2.05, 4.69) is 45.0 Å². The van der Waals surface area contributed by atoms with Crippen LogP contribution in [0.3, 0.4) is 0 Å². The lowest BCUT2D eigenvalue weighted by Crippen LogP contribution is -2.46. The third kappa shape index (κ3) is 4.67. The van der Waals surface area contributed by atoms with Crippen LogP contribution in [-0.2, 0) is 9.53 Å². The molecule has 29 heavy (non-hydrogen) atoms. The molecule has 0 aliphatic carbocycles. The smallest absolute Gasteiger partial charge is 0.227 e. The third-order valence-corrected chi connectivity index (χ3v) is 5.66. The predicted octanol–water partition coefficient (Wildman–Crippen LogP) is 2.95. The molecular formula is C22H29N5O2. The maximum atomic E-state index is 13.0. The Labute approximate surface area is 172 Å². The van der Waals surface area contributed by atoms with Crippen molar-refractivity contribution in [1.82, 2.24) is 9.97 Å². The average Bonchev–Trinajstić information content (AvgIpc) is 2.74. The molecule has 2 atom stereocenters. The minimum Gasteiger partial charge on any atom is -0.372 e. The molecule has 7 nitrogen and oxygen atoms in total. The Balaban J connectivity index is 1.39. The first-order valence-corrected chi connectivity index (χ1v) is 10.4. The largest absolute Gasteiger partial charge is 0.372 e. The van der Waals surface area contributed by atoms with Gasteiger partial charge < -0.3 is 19.9 Å². The number of hydrogen-bond donors (Lipinski definition) is 1. The van der Waals surface area contributed by atoms with Crippen molar-refractivity contribution in [3.05, 3.63) is 42.9 Å². The lowest BCUT2D eigenvalue weighted by molar-refractivity contribution is -0.120. The zero-order chi connectivity index (χ0) is 20.2. The lowest BCUT2D eigenvalue weighted by atomic mass is 9.95. The Bertz CT molecular complexity index is 813. The molecule has 2 unspecified atom stereocenters. The summed E-state index contributed by atoms with van der Waals surface area (Å²) in [5.41, 5.74) is 1.95. The zero-order valence-electron chi connectivity index (χ0n) is 17.1. The molecule has 1 aromatic carbocycles.